The van der Waals surface area contributed by atoms with Gasteiger partial charge in [-0.2, -0.15) is 13.2 Å². The molecule has 31 heavy (non-hydrogen) atoms. The van der Waals surface area contributed by atoms with Gasteiger partial charge in [0.15, 0.2) is 0 Å². The third kappa shape index (κ3) is 10.1. The largest absolute Gasteiger partial charge is 0.476 e. The van der Waals surface area contributed by atoms with Gasteiger partial charge in [0.05, 0.1) is 11.7 Å². The lowest BCUT2D eigenvalue weighted by atomic mass is 10.0. The minimum absolute atomic E-state index is 0. The summed E-state index contributed by atoms with van der Waals surface area (Å²) in [7, 11) is 0. The molecule has 0 spiro atoms. The molecule has 0 aromatic heterocycles. The van der Waals surface area contributed by atoms with E-state index < -0.39 is 17.8 Å². The summed E-state index contributed by atoms with van der Waals surface area (Å²) in [6.45, 7) is 4.17. The Bertz CT molecular complexity index is 761. The second-order valence-corrected chi connectivity index (χ2v) is 7.24. The number of halogens is 5. The van der Waals surface area contributed by atoms with E-state index in [0.717, 1.165) is 36.3 Å². The molecule has 4 nitrogen and oxygen atoms in total. The Morgan fingerprint density at radius 1 is 1.10 bits per heavy atom. The lowest BCUT2D eigenvalue weighted by Gasteiger charge is -2.19. The summed E-state index contributed by atoms with van der Waals surface area (Å²) in [6.07, 6.45) is -3.31. The highest BCUT2D eigenvalue weighted by molar-refractivity contribution is 5.85. The van der Waals surface area contributed by atoms with Crippen LogP contribution in [0.5, 0.6) is 5.75 Å². The highest BCUT2D eigenvalue weighted by atomic mass is 35.5. The number of benzene rings is 2. The molecule has 2 aromatic rings. The molecule has 0 bridgehead atoms. The van der Waals surface area contributed by atoms with Crippen molar-refractivity contribution in [2.24, 2.45) is 5.73 Å². The van der Waals surface area contributed by atoms with Gasteiger partial charge in [-0.1, -0.05) is 37.6 Å². The van der Waals surface area contributed by atoms with Crippen molar-refractivity contribution in [1.82, 2.24) is 5.32 Å². The van der Waals surface area contributed by atoms with Gasteiger partial charge in [-0.25, -0.2) is 0 Å². The Morgan fingerprint density at radius 2 is 1.74 bits per heavy atom. The van der Waals surface area contributed by atoms with Crippen molar-refractivity contribution in [2.45, 2.75) is 57.7 Å². The summed E-state index contributed by atoms with van der Waals surface area (Å²) in [4.78, 5) is 0. The Balaban J connectivity index is 0.00000450. The summed E-state index contributed by atoms with van der Waals surface area (Å²) in [5.74, 6) is 0.718. The van der Waals surface area contributed by atoms with Crippen LogP contribution in [-0.2, 0) is 12.6 Å². The highest BCUT2D eigenvalue weighted by Gasteiger charge is 2.30. The smallest absolute Gasteiger partial charge is 0.416 e. The molecule has 0 radical (unpaired) electrons. The number of hydrogen-bond donors (Lipinski definition) is 3. The maximum absolute atomic E-state index is 12.8. The lowest BCUT2D eigenvalue weighted by Crippen LogP contribution is -2.32. The maximum Gasteiger partial charge on any atom is 0.416 e. The van der Waals surface area contributed by atoms with Crippen LogP contribution in [0.15, 0.2) is 48.5 Å². The quantitative estimate of drug-likeness (QED) is 0.403. The van der Waals surface area contributed by atoms with E-state index in [-0.39, 0.29) is 49.2 Å². The fourth-order valence-corrected chi connectivity index (χ4v) is 3.00. The van der Waals surface area contributed by atoms with E-state index in [1.54, 1.807) is 0 Å². The highest BCUT2D eigenvalue weighted by Crippen LogP contribution is 2.30. The molecule has 0 heterocycles. The van der Waals surface area contributed by atoms with Gasteiger partial charge in [-0.3, -0.25) is 5.73 Å². The van der Waals surface area contributed by atoms with Crippen LogP contribution in [-0.4, -0.2) is 23.9 Å². The molecule has 176 valence electrons. The summed E-state index contributed by atoms with van der Waals surface area (Å²) in [5, 5.41) is 13.4. The molecule has 0 aliphatic rings. The van der Waals surface area contributed by atoms with Gasteiger partial charge in [0, 0.05) is 12.6 Å². The molecule has 0 aliphatic carbocycles. The lowest BCUT2D eigenvalue weighted by molar-refractivity contribution is -0.137. The number of nitrogens with one attached hydrogen (secondary N) is 1. The monoisotopic (exact) mass is 482 g/mol. The molecular weight excluding hydrogens is 452 g/mol. The summed E-state index contributed by atoms with van der Waals surface area (Å²) >= 11 is 0. The van der Waals surface area contributed by atoms with Gasteiger partial charge >= 0.3 is 6.18 Å². The van der Waals surface area contributed by atoms with Crippen LogP contribution in [0, 0.1) is 0 Å². The molecule has 0 amide bonds. The fourth-order valence-electron chi connectivity index (χ4n) is 3.00. The van der Waals surface area contributed by atoms with Crippen LogP contribution < -0.4 is 15.8 Å². The standard InChI is InChI=1S/C22H29F3N2O2.2ClH/c1-3-5-21(26)29-19-10-8-16(9-11-19)12-15(2)27-14-20(28)17-6-4-7-18(13-17)22(23,24)25;;/h4,6-11,13,15,20-21,27-28H,3,5,12,14,26H2,1-2H3;2*1H. The zero-order chi connectivity index (χ0) is 21.4. The molecular formula is C22H31Cl2F3N2O2. The summed E-state index contributed by atoms with van der Waals surface area (Å²) in [6, 6.07) is 12.5. The topological polar surface area (TPSA) is 67.5 Å². The number of aliphatic hydroxyl groups is 1. The second kappa shape index (κ2) is 13.8. The van der Waals surface area contributed by atoms with Crippen molar-refractivity contribution in [2.75, 3.05) is 6.54 Å². The minimum Gasteiger partial charge on any atom is -0.476 e. The average Bonchev–Trinajstić information content (AvgIpc) is 2.67. The predicted octanol–water partition coefficient (Wildman–Crippen LogP) is 5.27. The molecule has 2 aromatic carbocycles. The van der Waals surface area contributed by atoms with Crippen molar-refractivity contribution in [3.8, 4) is 5.75 Å². The number of aliphatic hydroxyl groups excluding tert-OH is 1. The van der Waals surface area contributed by atoms with Crippen LogP contribution in [0.4, 0.5) is 13.2 Å². The summed E-state index contributed by atoms with van der Waals surface area (Å²) in [5.41, 5.74) is 6.42. The van der Waals surface area contributed by atoms with E-state index in [9.17, 15) is 18.3 Å². The van der Waals surface area contributed by atoms with Crippen LogP contribution in [0.2, 0.25) is 0 Å². The third-order valence-electron chi connectivity index (χ3n) is 4.58. The van der Waals surface area contributed by atoms with Gasteiger partial charge in [0.25, 0.3) is 0 Å². The van der Waals surface area contributed by atoms with Crippen molar-refractivity contribution >= 4 is 24.8 Å². The number of rotatable bonds is 10. The second-order valence-electron chi connectivity index (χ2n) is 7.24. The number of ether oxygens (including phenoxy) is 1. The van der Waals surface area contributed by atoms with E-state index in [1.807, 2.05) is 38.1 Å². The molecule has 0 fully saturated rings. The molecule has 0 aliphatic heterocycles. The summed E-state index contributed by atoms with van der Waals surface area (Å²) < 4.78 is 44.1. The molecule has 3 unspecified atom stereocenters. The van der Waals surface area contributed by atoms with E-state index in [2.05, 4.69) is 5.32 Å². The Kier molecular flexibility index (Phi) is 13.1. The Hall–Kier alpha value is -1.51. The third-order valence-corrected chi connectivity index (χ3v) is 4.58. The maximum atomic E-state index is 12.8. The van der Waals surface area contributed by atoms with Gasteiger partial charge in [-0.15, -0.1) is 24.8 Å². The molecule has 2 rings (SSSR count). The van der Waals surface area contributed by atoms with Crippen LogP contribution in [0.1, 0.15) is 49.5 Å². The minimum atomic E-state index is -4.42. The van der Waals surface area contributed by atoms with Gasteiger partial charge in [0.1, 0.15) is 12.0 Å². The number of nitrogens with two attached hydrogens (primary N) is 1. The van der Waals surface area contributed by atoms with E-state index >= 15 is 0 Å². The van der Waals surface area contributed by atoms with Gasteiger partial charge in [0.2, 0.25) is 0 Å². The van der Waals surface area contributed by atoms with E-state index in [4.69, 9.17) is 10.5 Å². The Labute approximate surface area is 194 Å². The van der Waals surface area contributed by atoms with Crippen molar-refractivity contribution in [3.05, 3.63) is 65.2 Å². The van der Waals surface area contributed by atoms with Crippen LogP contribution in [0.25, 0.3) is 0 Å². The fraction of sp³-hybridized carbons (Fsp3) is 0.455. The van der Waals surface area contributed by atoms with Crippen LogP contribution in [0.3, 0.4) is 0 Å². The van der Waals surface area contributed by atoms with E-state index in [0.29, 0.717) is 6.42 Å². The van der Waals surface area contributed by atoms with Crippen LogP contribution >= 0.6 is 24.8 Å². The predicted molar refractivity (Wildman–Crippen MR) is 122 cm³/mol. The first-order valence-corrected chi connectivity index (χ1v) is 9.78. The Morgan fingerprint density at radius 3 is 2.32 bits per heavy atom. The van der Waals surface area contributed by atoms with E-state index in [1.165, 1.54) is 12.1 Å². The number of alkyl halides is 3. The zero-order valence-corrected chi connectivity index (χ0v) is 19.2. The van der Waals surface area contributed by atoms with Crippen molar-refractivity contribution in [3.63, 3.8) is 0 Å². The van der Waals surface area contributed by atoms with Crippen molar-refractivity contribution < 1.29 is 23.0 Å². The SMILES string of the molecule is CCCC(N)Oc1ccc(CC(C)NCC(O)c2cccc(C(F)(F)F)c2)cc1.Cl.Cl. The normalized spacial score (nSPS) is 14.0. The average molecular weight is 483 g/mol. The van der Waals surface area contributed by atoms with Crippen molar-refractivity contribution in [1.29, 1.82) is 0 Å². The number of hydrogen-bond acceptors (Lipinski definition) is 4. The molecule has 3 atom stereocenters. The van der Waals surface area contributed by atoms with Gasteiger partial charge in [-0.05, 0) is 55.2 Å². The molecule has 9 heteroatoms. The first kappa shape index (κ1) is 29.5. The molecule has 4 N–H and O–H groups in total. The molecule has 0 saturated carbocycles. The first-order valence-electron chi connectivity index (χ1n) is 9.78. The van der Waals surface area contributed by atoms with Gasteiger partial charge < -0.3 is 15.2 Å². The molecule has 0 saturated heterocycles. The first-order chi connectivity index (χ1) is 13.7. The zero-order valence-electron chi connectivity index (χ0n) is 17.6.